The van der Waals surface area contributed by atoms with Gasteiger partial charge in [0.1, 0.15) is 6.54 Å². The van der Waals surface area contributed by atoms with E-state index in [0.29, 0.717) is 11.3 Å². The number of amides is 1. The molecule has 2 aromatic heterocycles. The van der Waals surface area contributed by atoms with Gasteiger partial charge in [-0.3, -0.25) is 10.2 Å². The van der Waals surface area contributed by atoms with E-state index in [-0.39, 0.29) is 12.5 Å². The molecule has 0 aliphatic carbocycles. The molecule has 3 N–H and O–H groups in total. The van der Waals surface area contributed by atoms with Crippen LogP contribution in [-0.4, -0.2) is 36.0 Å². The molecule has 11 nitrogen and oxygen atoms in total. The Hall–Kier alpha value is -3.76. The molecule has 11 heteroatoms. The van der Waals surface area contributed by atoms with Crippen LogP contribution in [0, 0.1) is 10.1 Å². The average Bonchev–Trinajstić information content (AvgIpc) is 3.19. The normalized spacial score (nSPS) is 10.5. The molecule has 0 atom stereocenters. The summed E-state index contributed by atoms with van der Waals surface area (Å²) in [4.78, 5) is 25.9. The van der Waals surface area contributed by atoms with Gasteiger partial charge in [-0.25, -0.2) is 0 Å². The zero-order chi connectivity index (χ0) is 17.1. The van der Waals surface area contributed by atoms with Gasteiger partial charge >= 0.3 is 5.95 Å². The van der Waals surface area contributed by atoms with Crippen LogP contribution in [0.25, 0.3) is 10.9 Å². The van der Waals surface area contributed by atoms with Crippen molar-refractivity contribution >= 4 is 22.8 Å². The van der Waals surface area contributed by atoms with Crippen molar-refractivity contribution in [1.29, 1.82) is 0 Å². The number of fused-ring (bicyclic) bond motifs is 1. The summed E-state index contributed by atoms with van der Waals surface area (Å²) in [5.74, 6) is -0.961. The number of carbonyl (C=O) groups is 1. The first-order chi connectivity index (χ1) is 11.5. The van der Waals surface area contributed by atoms with E-state index in [9.17, 15) is 14.9 Å². The van der Waals surface area contributed by atoms with Crippen molar-refractivity contribution in [3.05, 3.63) is 58.4 Å². The molecule has 1 amide bonds. The van der Waals surface area contributed by atoms with Gasteiger partial charge in [0.05, 0.1) is 15.8 Å². The predicted molar refractivity (Wildman–Crippen MR) is 82.5 cm³/mol. The third-order valence-corrected chi connectivity index (χ3v) is 3.12. The van der Waals surface area contributed by atoms with E-state index >= 15 is 0 Å². The number of nitrogens with one attached hydrogen (secondary N) is 3. The highest BCUT2D eigenvalue weighted by molar-refractivity contribution is 6.06. The summed E-state index contributed by atoms with van der Waals surface area (Å²) in [6.45, 7) is 3.70. The van der Waals surface area contributed by atoms with E-state index in [1.54, 1.807) is 6.20 Å². The summed E-state index contributed by atoms with van der Waals surface area (Å²) in [5, 5.41) is 21.6. The van der Waals surface area contributed by atoms with Crippen LogP contribution in [0.2, 0.25) is 0 Å². The fourth-order valence-electron chi connectivity index (χ4n) is 2.06. The van der Waals surface area contributed by atoms with Gasteiger partial charge in [-0.1, -0.05) is 29.6 Å². The zero-order valence-corrected chi connectivity index (χ0v) is 12.3. The molecule has 0 saturated carbocycles. The lowest BCUT2D eigenvalue weighted by atomic mass is 10.2. The summed E-state index contributed by atoms with van der Waals surface area (Å²) in [5.41, 5.74) is 6.76. The Morgan fingerprint density at radius 1 is 1.38 bits per heavy atom. The average molecular weight is 328 g/mol. The van der Waals surface area contributed by atoms with Crippen molar-refractivity contribution < 1.29 is 9.72 Å². The molecule has 2 heterocycles. The van der Waals surface area contributed by atoms with Crippen molar-refractivity contribution in [3.8, 4) is 0 Å². The molecule has 24 heavy (non-hydrogen) atoms. The number of nitro groups is 1. The minimum Gasteiger partial charge on any atom is -0.390 e. The maximum Gasteiger partial charge on any atom is 0.514 e. The molecule has 0 fully saturated rings. The predicted octanol–water partition coefficient (Wildman–Crippen LogP) is 0.511. The summed E-state index contributed by atoms with van der Waals surface area (Å²) in [6, 6.07) is 7.39. The SMILES string of the molecule is C=C(Cn1nnc([N+](=O)[O-])n1)NNC(=O)c1c[nH]c2ccccc12. The highest BCUT2D eigenvalue weighted by Crippen LogP contribution is 2.17. The number of hydrogen-bond donors (Lipinski definition) is 3. The summed E-state index contributed by atoms with van der Waals surface area (Å²) in [6.07, 6.45) is 1.60. The molecule has 3 rings (SSSR count). The van der Waals surface area contributed by atoms with Gasteiger partial charge in [-0.15, -0.1) is 0 Å². The first-order valence-corrected chi connectivity index (χ1v) is 6.77. The first-order valence-electron chi connectivity index (χ1n) is 6.77. The molecule has 0 aliphatic rings. The van der Waals surface area contributed by atoms with Crippen LogP contribution in [0.1, 0.15) is 10.4 Å². The zero-order valence-electron chi connectivity index (χ0n) is 12.3. The first kappa shape index (κ1) is 15.1. The van der Waals surface area contributed by atoms with Gasteiger partial charge in [0.25, 0.3) is 5.91 Å². The number of carbonyl (C=O) groups excluding carboxylic acids is 1. The molecule has 0 radical (unpaired) electrons. The molecule has 0 unspecified atom stereocenters. The van der Waals surface area contributed by atoms with Crippen LogP contribution in [0.15, 0.2) is 42.7 Å². The molecule has 0 aliphatic heterocycles. The van der Waals surface area contributed by atoms with E-state index in [1.165, 1.54) is 0 Å². The Morgan fingerprint density at radius 2 is 2.17 bits per heavy atom. The van der Waals surface area contributed by atoms with Crippen molar-refractivity contribution in [1.82, 2.24) is 36.0 Å². The smallest absolute Gasteiger partial charge is 0.390 e. The van der Waals surface area contributed by atoms with E-state index in [0.717, 1.165) is 15.7 Å². The number of nitrogens with zero attached hydrogens (tertiary/aromatic N) is 5. The van der Waals surface area contributed by atoms with E-state index in [4.69, 9.17) is 0 Å². The second kappa shape index (κ2) is 6.16. The van der Waals surface area contributed by atoms with Crippen LogP contribution >= 0.6 is 0 Å². The van der Waals surface area contributed by atoms with Crippen molar-refractivity contribution in [3.63, 3.8) is 0 Å². The largest absolute Gasteiger partial charge is 0.514 e. The molecule has 1 aromatic carbocycles. The van der Waals surface area contributed by atoms with Crippen LogP contribution in [0.4, 0.5) is 5.95 Å². The highest BCUT2D eigenvalue weighted by Gasteiger charge is 2.16. The Labute approximate surface area is 134 Å². The van der Waals surface area contributed by atoms with Gasteiger partial charge in [-0.2, -0.15) is 0 Å². The number of tetrazole rings is 1. The molecule has 0 bridgehead atoms. The maximum atomic E-state index is 12.2. The van der Waals surface area contributed by atoms with Gasteiger partial charge in [0, 0.05) is 28.0 Å². The van der Waals surface area contributed by atoms with Crippen molar-refractivity contribution in [2.45, 2.75) is 6.54 Å². The van der Waals surface area contributed by atoms with E-state index in [1.807, 2.05) is 24.3 Å². The number of allylic oxidation sites excluding steroid dienone is 1. The Morgan fingerprint density at radius 3 is 2.92 bits per heavy atom. The van der Waals surface area contributed by atoms with Crippen LogP contribution in [0.3, 0.4) is 0 Å². The van der Waals surface area contributed by atoms with E-state index in [2.05, 4.69) is 37.8 Å². The highest BCUT2D eigenvalue weighted by atomic mass is 16.6. The Bertz CT molecular complexity index is 928. The lowest BCUT2D eigenvalue weighted by Gasteiger charge is -2.08. The minimum absolute atomic E-state index is 0.00893. The topological polar surface area (TPSA) is 144 Å². The fourth-order valence-corrected chi connectivity index (χ4v) is 2.06. The van der Waals surface area contributed by atoms with Crippen LogP contribution < -0.4 is 10.9 Å². The Balaban J connectivity index is 1.59. The summed E-state index contributed by atoms with van der Waals surface area (Å²) in [7, 11) is 0. The Kier molecular flexibility index (Phi) is 3.89. The fraction of sp³-hybridized carbons (Fsp3) is 0.0769. The third kappa shape index (κ3) is 3.04. The molecular formula is C13H12N8O3. The lowest BCUT2D eigenvalue weighted by Crippen LogP contribution is -2.37. The lowest BCUT2D eigenvalue weighted by molar-refractivity contribution is -0.394. The van der Waals surface area contributed by atoms with Gasteiger partial charge in [0.2, 0.25) is 0 Å². The summed E-state index contributed by atoms with van der Waals surface area (Å²) < 4.78 is 0. The maximum absolute atomic E-state index is 12.2. The van der Waals surface area contributed by atoms with Crippen LogP contribution in [0.5, 0.6) is 0 Å². The van der Waals surface area contributed by atoms with Crippen LogP contribution in [-0.2, 0) is 6.54 Å². The standard InChI is InChI=1S/C13H12N8O3/c1-8(7-20-18-13(17-19-20)21(23)24)15-16-12(22)10-6-14-11-5-3-2-4-9(10)11/h2-6,14-15H,1,7H2,(H,16,22). The molecule has 3 aromatic rings. The molecule has 122 valence electrons. The van der Waals surface area contributed by atoms with Crippen molar-refractivity contribution in [2.75, 3.05) is 0 Å². The number of hydrazine groups is 1. The second-order valence-electron chi connectivity index (χ2n) is 4.81. The monoisotopic (exact) mass is 328 g/mol. The van der Waals surface area contributed by atoms with Gasteiger partial charge < -0.3 is 20.5 Å². The number of hydrogen-bond acceptors (Lipinski definition) is 7. The molecular weight excluding hydrogens is 316 g/mol. The van der Waals surface area contributed by atoms with Gasteiger partial charge in [-0.05, 0) is 11.0 Å². The number of benzene rings is 1. The number of H-pyrrole nitrogens is 1. The number of aromatic nitrogens is 5. The molecule has 0 saturated heterocycles. The van der Waals surface area contributed by atoms with Gasteiger partial charge in [0.15, 0.2) is 0 Å². The quantitative estimate of drug-likeness (QED) is 0.441. The van der Waals surface area contributed by atoms with Crippen molar-refractivity contribution in [2.24, 2.45) is 0 Å². The number of aromatic amines is 1. The number of para-hydroxylation sites is 1. The minimum atomic E-state index is -0.752. The third-order valence-electron chi connectivity index (χ3n) is 3.12. The second-order valence-corrected chi connectivity index (χ2v) is 4.81. The van der Waals surface area contributed by atoms with E-state index < -0.39 is 10.9 Å². The molecule has 0 spiro atoms. The summed E-state index contributed by atoms with van der Waals surface area (Å²) >= 11 is 0. The number of rotatable bonds is 6.